The summed E-state index contributed by atoms with van der Waals surface area (Å²) in [4.78, 5) is 24.8. The van der Waals surface area contributed by atoms with Crippen molar-refractivity contribution < 1.29 is 45.4 Å². The summed E-state index contributed by atoms with van der Waals surface area (Å²) in [7, 11) is 0. The molecule has 0 heterocycles. The van der Waals surface area contributed by atoms with Gasteiger partial charge in [-0.1, -0.05) is 26.2 Å². The standard InChI is InChI=1S/C23H26F6O4/c1-13-7-9-15(10-8-13)21(31)33-17-12-11-16(32-20(30)14-5-3-2-4-6-14)18(22(24,25)26)19(17)23(27,28)29/h11-15H,2-10H2,1H3. The van der Waals surface area contributed by atoms with E-state index in [4.69, 9.17) is 9.47 Å². The number of carbonyl (C=O) groups is 2. The van der Waals surface area contributed by atoms with Crippen LogP contribution in [0.15, 0.2) is 12.1 Å². The van der Waals surface area contributed by atoms with Gasteiger partial charge in [-0.05, 0) is 56.6 Å². The van der Waals surface area contributed by atoms with Gasteiger partial charge in [-0.25, -0.2) is 0 Å². The lowest BCUT2D eigenvalue weighted by atomic mass is 9.83. The molecule has 0 radical (unpaired) electrons. The highest BCUT2D eigenvalue weighted by molar-refractivity contribution is 5.78. The van der Waals surface area contributed by atoms with Crippen molar-refractivity contribution in [2.24, 2.45) is 17.8 Å². The first kappa shape index (κ1) is 25.4. The third kappa shape index (κ3) is 6.20. The molecule has 33 heavy (non-hydrogen) atoms. The molecular formula is C23H26F6O4. The van der Waals surface area contributed by atoms with Crippen molar-refractivity contribution in [3.8, 4) is 11.5 Å². The summed E-state index contributed by atoms with van der Waals surface area (Å²) < 4.78 is 92.6. The highest BCUT2D eigenvalue weighted by Crippen LogP contribution is 2.49. The summed E-state index contributed by atoms with van der Waals surface area (Å²) in [5, 5.41) is 0. The topological polar surface area (TPSA) is 52.6 Å². The fourth-order valence-electron chi connectivity index (χ4n) is 4.51. The monoisotopic (exact) mass is 480 g/mol. The van der Waals surface area contributed by atoms with Crippen molar-refractivity contribution in [2.45, 2.75) is 77.1 Å². The van der Waals surface area contributed by atoms with Crippen molar-refractivity contribution in [1.82, 2.24) is 0 Å². The van der Waals surface area contributed by atoms with Crippen molar-refractivity contribution in [3.63, 3.8) is 0 Å². The summed E-state index contributed by atoms with van der Waals surface area (Å²) in [6, 6.07) is 1.23. The van der Waals surface area contributed by atoms with Gasteiger partial charge in [0.05, 0.1) is 11.8 Å². The van der Waals surface area contributed by atoms with Gasteiger partial charge in [-0.3, -0.25) is 9.59 Å². The first-order chi connectivity index (χ1) is 15.4. The molecule has 4 nitrogen and oxygen atoms in total. The number of ether oxygens (including phenoxy) is 2. The minimum absolute atomic E-state index is 0.356. The lowest BCUT2D eigenvalue weighted by Gasteiger charge is -2.26. The smallest absolute Gasteiger partial charge is 0.420 e. The van der Waals surface area contributed by atoms with Gasteiger partial charge in [-0.15, -0.1) is 0 Å². The first-order valence-electron chi connectivity index (χ1n) is 11.1. The van der Waals surface area contributed by atoms with E-state index in [9.17, 15) is 35.9 Å². The number of benzene rings is 1. The second kappa shape index (κ2) is 9.93. The minimum atomic E-state index is -5.51. The van der Waals surface area contributed by atoms with Crippen LogP contribution in [0.1, 0.15) is 75.8 Å². The molecule has 2 saturated carbocycles. The molecule has 0 aromatic heterocycles. The first-order valence-corrected chi connectivity index (χ1v) is 11.1. The predicted molar refractivity (Wildman–Crippen MR) is 105 cm³/mol. The average Bonchev–Trinajstić information content (AvgIpc) is 2.74. The van der Waals surface area contributed by atoms with Gasteiger partial charge in [0.1, 0.15) is 22.6 Å². The van der Waals surface area contributed by atoms with Crippen LogP contribution >= 0.6 is 0 Å². The molecular weight excluding hydrogens is 454 g/mol. The Balaban J connectivity index is 1.95. The van der Waals surface area contributed by atoms with E-state index in [-0.39, 0.29) is 0 Å². The van der Waals surface area contributed by atoms with Gasteiger partial charge in [0.25, 0.3) is 0 Å². The Morgan fingerprint density at radius 2 is 1.09 bits per heavy atom. The highest BCUT2D eigenvalue weighted by Gasteiger charge is 2.49. The van der Waals surface area contributed by atoms with Crippen LogP contribution in [-0.2, 0) is 21.9 Å². The lowest BCUT2D eigenvalue weighted by Crippen LogP contribution is -2.28. The van der Waals surface area contributed by atoms with Crippen LogP contribution in [0, 0.1) is 17.8 Å². The van der Waals surface area contributed by atoms with Gasteiger partial charge in [-0.2, -0.15) is 26.3 Å². The quantitative estimate of drug-likeness (QED) is 0.266. The fourth-order valence-corrected chi connectivity index (χ4v) is 4.51. The van der Waals surface area contributed by atoms with Crippen LogP contribution in [0.3, 0.4) is 0 Å². The van der Waals surface area contributed by atoms with E-state index >= 15 is 0 Å². The molecule has 2 fully saturated rings. The molecule has 10 heteroatoms. The molecule has 0 bridgehead atoms. The Morgan fingerprint density at radius 1 is 0.697 bits per heavy atom. The van der Waals surface area contributed by atoms with E-state index in [1.807, 2.05) is 6.92 Å². The number of rotatable bonds is 4. The Morgan fingerprint density at radius 3 is 1.48 bits per heavy atom. The number of alkyl halides is 6. The number of esters is 2. The van der Waals surface area contributed by atoms with Crippen LogP contribution in [0.25, 0.3) is 0 Å². The Labute approximate surface area is 187 Å². The molecule has 2 aliphatic carbocycles. The Bertz CT molecular complexity index is 863. The van der Waals surface area contributed by atoms with Gasteiger partial charge in [0.2, 0.25) is 0 Å². The second-order valence-electron chi connectivity index (χ2n) is 8.94. The van der Waals surface area contributed by atoms with Gasteiger partial charge < -0.3 is 9.47 Å². The number of carbonyl (C=O) groups excluding carboxylic acids is 2. The largest absolute Gasteiger partial charge is 0.426 e. The number of halogens is 6. The molecule has 0 N–H and O–H groups in total. The molecule has 0 spiro atoms. The van der Waals surface area contributed by atoms with Gasteiger partial charge in [0, 0.05) is 0 Å². The summed E-state index contributed by atoms with van der Waals surface area (Å²) in [6.07, 6.45) is -5.81. The summed E-state index contributed by atoms with van der Waals surface area (Å²) in [5.41, 5.74) is -4.33. The van der Waals surface area contributed by atoms with Gasteiger partial charge >= 0.3 is 24.3 Å². The third-order valence-electron chi connectivity index (χ3n) is 6.40. The maximum Gasteiger partial charge on any atom is 0.420 e. The summed E-state index contributed by atoms with van der Waals surface area (Å²) in [5.74, 6) is -5.45. The van der Waals surface area contributed by atoms with Crippen molar-refractivity contribution in [3.05, 3.63) is 23.3 Å². The summed E-state index contributed by atoms with van der Waals surface area (Å²) >= 11 is 0. The van der Waals surface area contributed by atoms with Crippen LogP contribution in [0.5, 0.6) is 11.5 Å². The highest BCUT2D eigenvalue weighted by atomic mass is 19.4. The number of hydrogen-bond donors (Lipinski definition) is 0. The zero-order valence-corrected chi connectivity index (χ0v) is 18.2. The van der Waals surface area contributed by atoms with E-state index in [0.29, 0.717) is 69.4 Å². The molecule has 0 saturated heterocycles. The van der Waals surface area contributed by atoms with Gasteiger partial charge in [0.15, 0.2) is 0 Å². The zero-order chi connectivity index (χ0) is 24.4. The van der Waals surface area contributed by atoms with Crippen molar-refractivity contribution >= 4 is 11.9 Å². The minimum Gasteiger partial charge on any atom is -0.426 e. The number of hydrogen-bond acceptors (Lipinski definition) is 4. The third-order valence-corrected chi connectivity index (χ3v) is 6.40. The molecule has 184 valence electrons. The Hall–Kier alpha value is -2.26. The molecule has 2 aliphatic rings. The molecule has 3 rings (SSSR count). The summed E-state index contributed by atoms with van der Waals surface area (Å²) in [6.45, 7) is 1.98. The van der Waals surface area contributed by atoms with Crippen LogP contribution in [0.2, 0.25) is 0 Å². The van der Waals surface area contributed by atoms with E-state index < -0.39 is 58.8 Å². The average molecular weight is 480 g/mol. The molecule has 1 aromatic rings. The van der Waals surface area contributed by atoms with E-state index in [1.165, 1.54) is 0 Å². The van der Waals surface area contributed by atoms with Crippen LogP contribution in [-0.4, -0.2) is 11.9 Å². The van der Waals surface area contributed by atoms with E-state index in [2.05, 4.69) is 0 Å². The molecule has 0 unspecified atom stereocenters. The van der Waals surface area contributed by atoms with E-state index in [1.54, 1.807) is 0 Å². The van der Waals surface area contributed by atoms with E-state index in [0.717, 1.165) is 6.42 Å². The maximum absolute atomic E-state index is 13.8. The predicted octanol–water partition coefficient (Wildman–Crippen LogP) is 6.94. The van der Waals surface area contributed by atoms with Crippen LogP contribution < -0.4 is 9.47 Å². The Kier molecular flexibility index (Phi) is 7.63. The van der Waals surface area contributed by atoms with Crippen molar-refractivity contribution in [1.29, 1.82) is 0 Å². The SMILES string of the molecule is CC1CCC(C(=O)Oc2ccc(OC(=O)C3CCCCC3)c(C(F)(F)F)c2C(F)(F)F)CC1. The molecule has 0 atom stereocenters. The normalized spacial score (nSPS) is 22.6. The second-order valence-corrected chi connectivity index (χ2v) is 8.94. The fraction of sp³-hybridized carbons (Fsp3) is 0.652. The maximum atomic E-state index is 13.8. The lowest BCUT2D eigenvalue weighted by molar-refractivity contribution is -0.166. The molecule has 1 aromatic carbocycles. The van der Waals surface area contributed by atoms with Crippen molar-refractivity contribution in [2.75, 3.05) is 0 Å². The molecule has 0 aliphatic heterocycles. The zero-order valence-electron chi connectivity index (χ0n) is 18.2. The molecule has 0 amide bonds. The van der Waals surface area contributed by atoms with Crippen LogP contribution in [0.4, 0.5) is 26.3 Å².